The zero-order valence-electron chi connectivity index (χ0n) is 13.2. The van der Waals surface area contributed by atoms with Gasteiger partial charge in [-0.3, -0.25) is 14.9 Å². The minimum atomic E-state index is -0.596. The van der Waals surface area contributed by atoms with Crippen molar-refractivity contribution < 1.29 is 24.3 Å². The van der Waals surface area contributed by atoms with E-state index in [-0.39, 0.29) is 17.2 Å². The lowest BCUT2D eigenvalue weighted by Gasteiger charge is -2.05. The van der Waals surface area contributed by atoms with E-state index in [9.17, 15) is 20.0 Å². The molecule has 25 heavy (non-hydrogen) atoms. The maximum absolute atomic E-state index is 11.7. The number of nitro benzene ring substituents is 1. The standard InChI is InChI=1S/C16H15N3O6/c1-24-15-7-6-11(8-13(15)20)9-17-18-16(21)10-25-14-5-3-2-4-12(14)19(22)23/h2-9,20H,10H2,1H3,(H,18,21)/b17-9-. The minimum absolute atomic E-state index is 0.00768. The molecule has 130 valence electrons. The SMILES string of the molecule is COc1ccc(/C=N\NC(=O)COc2ccccc2[N+](=O)[O-])cc1O. The normalized spacial score (nSPS) is 10.4. The highest BCUT2D eigenvalue weighted by molar-refractivity contribution is 5.83. The number of para-hydroxylation sites is 2. The van der Waals surface area contributed by atoms with Crippen molar-refractivity contribution in [3.63, 3.8) is 0 Å². The molecule has 0 aliphatic heterocycles. The van der Waals surface area contributed by atoms with Crippen LogP contribution in [0.15, 0.2) is 47.6 Å². The van der Waals surface area contributed by atoms with E-state index in [2.05, 4.69) is 10.5 Å². The van der Waals surface area contributed by atoms with E-state index in [4.69, 9.17) is 9.47 Å². The van der Waals surface area contributed by atoms with Crippen LogP contribution in [0.3, 0.4) is 0 Å². The van der Waals surface area contributed by atoms with Crippen LogP contribution in [0.1, 0.15) is 5.56 Å². The van der Waals surface area contributed by atoms with Crippen LogP contribution in [-0.4, -0.2) is 35.9 Å². The fraction of sp³-hybridized carbons (Fsp3) is 0.125. The van der Waals surface area contributed by atoms with Crippen LogP contribution >= 0.6 is 0 Å². The molecule has 1 amide bonds. The Morgan fingerprint density at radius 2 is 2.08 bits per heavy atom. The molecular weight excluding hydrogens is 330 g/mol. The third-order valence-electron chi connectivity index (χ3n) is 3.03. The van der Waals surface area contributed by atoms with Crippen molar-refractivity contribution in [2.24, 2.45) is 5.10 Å². The summed E-state index contributed by atoms with van der Waals surface area (Å²) < 4.78 is 10.0. The monoisotopic (exact) mass is 345 g/mol. The molecule has 9 nitrogen and oxygen atoms in total. The summed E-state index contributed by atoms with van der Waals surface area (Å²) >= 11 is 0. The van der Waals surface area contributed by atoms with Gasteiger partial charge in [0.15, 0.2) is 23.9 Å². The topological polar surface area (TPSA) is 123 Å². The summed E-state index contributed by atoms with van der Waals surface area (Å²) in [5, 5.41) is 24.2. The predicted octanol–water partition coefficient (Wildman–Crippen LogP) is 1.84. The predicted molar refractivity (Wildman–Crippen MR) is 89.0 cm³/mol. The number of nitrogens with one attached hydrogen (secondary N) is 1. The first kappa shape index (κ1) is 17.7. The number of hydrogen-bond donors (Lipinski definition) is 2. The summed E-state index contributed by atoms with van der Waals surface area (Å²) in [5.41, 5.74) is 2.53. The van der Waals surface area contributed by atoms with Crippen molar-refractivity contribution in [2.45, 2.75) is 0 Å². The van der Waals surface area contributed by atoms with Crippen LogP contribution in [0.25, 0.3) is 0 Å². The zero-order valence-corrected chi connectivity index (χ0v) is 13.2. The summed E-state index contributed by atoms with van der Waals surface area (Å²) in [6, 6.07) is 10.3. The first-order valence-corrected chi connectivity index (χ1v) is 7.06. The molecule has 0 aliphatic rings. The molecule has 0 unspecified atom stereocenters. The third kappa shape index (κ3) is 4.93. The van der Waals surface area contributed by atoms with Crippen molar-refractivity contribution in [1.29, 1.82) is 0 Å². The Kier molecular flexibility index (Phi) is 5.88. The molecule has 0 heterocycles. The maximum Gasteiger partial charge on any atom is 0.310 e. The highest BCUT2D eigenvalue weighted by Crippen LogP contribution is 2.26. The van der Waals surface area contributed by atoms with Gasteiger partial charge >= 0.3 is 5.69 Å². The second-order valence-electron chi connectivity index (χ2n) is 4.74. The fourth-order valence-electron chi connectivity index (χ4n) is 1.87. The molecular formula is C16H15N3O6. The molecule has 0 bridgehead atoms. The van der Waals surface area contributed by atoms with Crippen molar-refractivity contribution in [3.8, 4) is 17.2 Å². The molecule has 0 aliphatic carbocycles. The van der Waals surface area contributed by atoms with Gasteiger partial charge in [0.1, 0.15) is 0 Å². The molecule has 0 radical (unpaired) electrons. The van der Waals surface area contributed by atoms with E-state index in [1.165, 1.54) is 37.6 Å². The Hall–Kier alpha value is -3.62. The number of amides is 1. The largest absolute Gasteiger partial charge is 0.504 e. The Morgan fingerprint density at radius 1 is 1.32 bits per heavy atom. The van der Waals surface area contributed by atoms with Crippen molar-refractivity contribution in [2.75, 3.05) is 13.7 Å². The van der Waals surface area contributed by atoms with Crippen LogP contribution < -0.4 is 14.9 Å². The lowest BCUT2D eigenvalue weighted by Crippen LogP contribution is -2.24. The number of phenolic OH excluding ortho intramolecular Hbond substituents is 1. The zero-order chi connectivity index (χ0) is 18.2. The highest BCUT2D eigenvalue weighted by atomic mass is 16.6. The Labute approximate surface area is 142 Å². The van der Waals surface area contributed by atoms with E-state index >= 15 is 0 Å². The Balaban J connectivity index is 1.89. The third-order valence-corrected chi connectivity index (χ3v) is 3.03. The molecule has 2 aromatic carbocycles. The molecule has 2 N–H and O–H groups in total. The first-order valence-electron chi connectivity index (χ1n) is 7.06. The molecule has 0 saturated heterocycles. The van der Waals surface area contributed by atoms with Gasteiger partial charge in [0.05, 0.1) is 18.2 Å². The molecule has 0 aromatic heterocycles. The lowest BCUT2D eigenvalue weighted by molar-refractivity contribution is -0.385. The quantitative estimate of drug-likeness (QED) is 0.448. The summed E-state index contributed by atoms with van der Waals surface area (Å²) in [7, 11) is 1.43. The molecule has 0 spiro atoms. The molecule has 2 rings (SSSR count). The van der Waals surface area contributed by atoms with Crippen LogP contribution in [0, 0.1) is 10.1 Å². The second kappa shape index (κ2) is 8.29. The number of aromatic hydroxyl groups is 1. The molecule has 9 heteroatoms. The van der Waals surface area contributed by atoms with Crippen molar-refractivity contribution in [3.05, 3.63) is 58.1 Å². The highest BCUT2D eigenvalue weighted by Gasteiger charge is 2.14. The van der Waals surface area contributed by atoms with Gasteiger partial charge in [0, 0.05) is 6.07 Å². The molecule has 0 atom stereocenters. The van der Waals surface area contributed by atoms with Crippen LogP contribution in [0.2, 0.25) is 0 Å². The number of carbonyl (C=O) groups is 1. The summed E-state index contributed by atoms with van der Waals surface area (Å²) in [6.45, 7) is -0.434. The summed E-state index contributed by atoms with van der Waals surface area (Å²) in [5.74, 6) is -0.338. The van der Waals surface area contributed by atoms with Crippen molar-refractivity contribution in [1.82, 2.24) is 5.43 Å². The lowest BCUT2D eigenvalue weighted by atomic mass is 10.2. The second-order valence-corrected chi connectivity index (χ2v) is 4.74. The number of nitrogens with zero attached hydrogens (tertiary/aromatic N) is 2. The number of nitro groups is 1. The van der Waals surface area contributed by atoms with E-state index in [0.29, 0.717) is 11.3 Å². The van der Waals surface area contributed by atoms with E-state index in [0.717, 1.165) is 0 Å². The van der Waals surface area contributed by atoms with Crippen LogP contribution in [0.4, 0.5) is 5.69 Å². The van der Waals surface area contributed by atoms with Gasteiger partial charge in [-0.1, -0.05) is 12.1 Å². The van der Waals surface area contributed by atoms with Gasteiger partial charge in [-0.15, -0.1) is 0 Å². The van der Waals surface area contributed by atoms with Gasteiger partial charge in [0.2, 0.25) is 0 Å². The average Bonchev–Trinajstić information content (AvgIpc) is 2.60. The van der Waals surface area contributed by atoms with Crippen LogP contribution in [0.5, 0.6) is 17.2 Å². The number of carbonyl (C=O) groups excluding carboxylic acids is 1. The number of hydrazone groups is 1. The summed E-state index contributed by atoms with van der Waals surface area (Å²) in [4.78, 5) is 21.9. The minimum Gasteiger partial charge on any atom is -0.504 e. The van der Waals surface area contributed by atoms with Crippen molar-refractivity contribution >= 4 is 17.8 Å². The number of benzene rings is 2. The fourth-order valence-corrected chi connectivity index (χ4v) is 1.87. The van der Waals surface area contributed by atoms with Gasteiger partial charge in [-0.25, -0.2) is 5.43 Å². The van der Waals surface area contributed by atoms with Gasteiger partial charge in [0.25, 0.3) is 5.91 Å². The van der Waals surface area contributed by atoms with Gasteiger partial charge in [-0.05, 0) is 29.8 Å². The molecule has 0 saturated carbocycles. The Morgan fingerprint density at radius 3 is 2.76 bits per heavy atom. The smallest absolute Gasteiger partial charge is 0.310 e. The number of hydrogen-bond acceptors (Lipinski definition) is 7. The van der Waals surface area contributed by atoms with E-state index in [1.54, 1.807) is 18.2 Å². The van der Waals surface area contributed by atoms with Crippen LogP contribution in [-0.2, 0) is 4.79 Å². The number of ether oxygens (including phenoxy) is 2. The first-order chi connectivity index (χ1) is 12.0. The van der Waals surface area contributed by atoms with E-state index in [1.807, 2.05) is 0 Å². The van der Waals surface area contributed by atoms with Gasteiger partial charge < -0.3 is 14.6 Å². The summed E-state index contributed by atoms with van der Waals surface area (Å²) in [6.07, 6.45) is 1.32. The maximum atomic E-state index is 11.7. The van der Waals surface area contributed by atoms with Gasteiger partial charge in [-0.2, -0.15) is 5.10 Å². The molecule has 2 aromatic rings. The number of phenols is 1. The molecule has 0 fully saturated rings. The van der Waals surface area contributed by atoms with E-state index < -0.39 is 17.4 Å². The number of methoxy groups -OCH3 is 1. The number of rotatable bonds is 7. The average molecular weight is 345 g/mol. The Bertz CT molecular complexity index is 806.